The van der Waals surface area contributed by atoms with E-state index in [0.29, 0.717) is 6.61 Å². The Morgan fingerprint density at radius 1 is 1.30 bits per heavy atom. The molecule has 2 aromatic carbocycles. The maximum atomic E-state index is 10.9. The van der Waals surface area contributed by atoms with Gasteiger partial charge in [0.15, 0.2) is 0 Å². The highest BCUT2D eigenvalue weighted by molar-refractivity contribution is 5.89. The molecule has 0 heterocycles. The van der Waals surface area contributed by atoms with Gasteiger partial charge >= 0.3 is 0 Å². The Bertz CT molecular complexity index is 610. The third-order valence-electron chi connectivity index (χ3n) is 3.40. The molecule has 0 spiro atoms. The van der Waals surface area contributed by atoms with E-state index in [1.54, 1.807) is 0 Å². The van der Waals surface area contributed by atoms with Gasteiger partial charge in [0.05, 0.1) is 13.0 Å². The molecule has 2 aromatic rings. The summed E-state index contributed by atoms with van der Waals surface area (Å²) in [5.74, 6) is 0.472. The monoisotopic (exact) mass is 272 g/mol. The maximum absolute atomic E-state index is 10.9. The van der Waals surface area contributed by atoms with Crippen molar-refractivity contribution < 1.29 is 9.53 Å². The molecule has 4 nitrogen and oxygen atoms in total. The zero-order valence-electron chi connectivity index (χ0n) is 11.8. The van der Waals surface area contributed by atoms with Gasteiger partial charge in [0.1, 0.15) is 5.75 Å². The molecule has 1 unspecified atom stereocenters. The van der Waals surface area contributed by atoms with E-state index in [4.69, 9.17) is 10.5 Å². The van der Waals surface area contributed by atoms with E-state index in [9.17, 15) is 4.79 Å². The van der Waals surface area contributed by atoms with E-state index in [-0.39, 0.29) is 18.4 Å². The van der Waals surface area contributed by atoms with Crippen molar-refractivity contribution in [2.45, 2.75) is 19.4 Å². The largest absolute Gasteiger partial charge is 0.492 e. The number of rotatable bonds is 6. The lowest BCUT2D eigenvalue weighted by atomic mass is 10.0. The van der Waals surface area contributed by atoms with E-state index >= 15 is 0 Å². The van der Waals surface area contributed by atoms with Crippen LogP contribution in [0.5, 0.6) is 5.75 Å². The molecule has 0 saturated carbocycles. The Hall–Kier alpha value is -2.07. The van der Waals surface area contributed by atoms with Gasteiger partial charge < -0.3 is 15.8 Å². The smallest absolute Gasteiger partial charge is 0.220 e. The van der Waals surface area contributed by atoms with E-state index < -0.39 is 0 Å². The Kier molecular flexibility index (Phi) is 4.58. The molecule has 0 radical (unpaired) electrons. The molecule has 0 aliphatic rings. The van der Waals surface area contributed by atoms with Crippen LogP contribution in [0.2, 0.25) is 0 Å². The number of primary amides is 1. The van der Waals surface area contributed by atoms with Crippen molar-refractivity contribution in [3.8, 4) is 5.75 Å². The number of hydrogen-bond donors (Lipinski definition) is 2. The summed E-state index contributed by atoms with van der Waals surface area (Å²) in [5.41, 5.74) is 6.24. The number of ether oxygens (including phenoxy) is 1. The number of carbonyl (C=O) groups excluding carboxylic acids is 1. The quantitative estimate of drug-likeness (QED) is 0.848. The second-order valence-electron chi connectivity index (χ2n) is 4.78. The van der Waals surface area contributed by atoms with Crippen LogP contribution in [-0.4, -0.2) is 19.6 Å². The standard InChI is InChI=1S/C16H20N2O2/c1-11(18-2)13-8-7-12-5-3-4-6-14(12)16(13)20-10-9-15(17)19/h3-8,11,18H,9-10H2,1-2H3,(H2,17,19). The van der Waals surface area contributed by atoms with Gasteiger partial charge in [-0.05, 0) is 19.4 Å². The lowest BCUT2D eigenvalue weighted by Gasteiger charge is -2.18. The van der Waals surface area contributed by atoms with Crippen LogP contribution in [0.1, 0.15) is 24.9 Å². The fraction of sp³-hybridized carbons (Fsp3) is 0.312. The van der Waals surface area contributed by atoms with E-state index in [0.717, 1.165) is 22.1 Å². The third-order valence-corrected chi connectivity index (χ3v) is 3.40. The minimum Gasteiger partial charge on any atom is -0.492 e. The van der Waals surface area contributed by atoms with Gasteiger partial charge in [-0.15, -0.1) is 0 Å². The zero-order valence-corrected chi connectivity index (χ0v) is 11.8. The van der Waals surface area contributed by atoms with Crippen LogP contribution >= 0.6 is 0 Å². The predicted molar refractivity (Wildman–Crippen MR) is 80.7 cm³/mol. The number of benzene rings is 2. The summed E-state index contributed by atoms with van der Waals surface area (Å²) in [6, 6.07) is 12.4. The molecule has 0 fully saturated rings. The van der Waals surface area contributed by atoms with Crippen molar-refractivity contribution in [3.05, 3.63) is 42.0 Å². The molecule has 1 atom stereocenters. The summed E-state index contributed by atoms with van der Waals surface area (Å²) in [7, 11) is 1.91. The summed E-state index contributed by atoms with van der Waals surface area (Å²) >= 11 is 0. The van der Waals surface area contributed by atoms with E-state index in [1.165, 1.54) is 0 Å². The average Bonchev–Trinajstić information content (AvgIpc) is 2.46. The number of carbonyl (C=O) groups is 1. The van der Waals surface area contributed by atoms with Gasteiger partial charge in [0.25, 0.3) is 0 Å². The molecule has 106 valence electrons. The van der Waals surface area contributed by atoms with Gasteiger partial charge in [-0.1, -0.05) is 36.4 Å². The molecule has 0 aliphatic carbocycles. The van der Waals surface area contributed by atoms with Crippen molar-refractivity contribution in [1.82, 2.24) is 5.32 Å². The Balaban J connectivity index is 2.41. The summed E-state index contributed by atoms with van der Waals surface area (Å²) in [5, 5.41) is 5.39. The molecule has 20 heavy (non-hydrogen) atoms. The molecular weight excluding hydrogens is 252 g/mol. The number of nitrogens with one attached hydrogen (secondary N) is 1. The van der Waals surface area contributed by atoms with Crippen LogP contribution < -0.4 is 15.8 Å². The minimum absolute atomic E-state index is 0.170. The molecular formula is C16H20N2O2. The summed E-state index contributed by atoms with van der Waals surface area (Å²) in [6.45, 7) is 2.37. The Labute approximate surface area is 118 Å². The van der Waals surface area contributed by atoms with Crippen molar-refractivity contribution in [1.29, 1.82) is 0 Å². The highest BCUT2D eigenvalue weighted by Crippen LogP contribution is 2.33. The Morgan fingerprint density at radius 3 is 2.75 bits per heavy atom. The number of fused-ring (bicyclic) bond motifs is 1. The van der Waals surface area contributed by atoms with Crippen molar-refractivity contribution in [2.24, 2.45) is 5.73 Å². The zero-order chi connectivity index (χ0) is 14.5. The Morgan fingerprint density at radius 2 is 2.05 bits per heavy atom. The molecule has 2 rings (SSSR count). The summed E-state index contributed by atoms with van der Waals surface area (Å²) in [4.78, 5) is 10.9. The topological polar surface area (TPSA) is 64.3 Å². The first-order valence-electron chi connectivity index (χ1n) is 6.73. The summed E-state index contributed by atoms with van der Waals surface area (Å²) < 4.78 is 5.84. The van der Waals surface area contributed by atoms with E-state index in [2.05, 4.69) is 24.4 Å². The fourth-order valence-corrected chi connectivity index (χ4v) is 2.17. The SMILES string of the molecule is CNC(C)c1ccc2ccccc2c1OCCC(N)=O. The molecule has 0 aromatic heterocycles. The summed E-state index contributed by atoms with van der Waals surface area (Å²) in [6.07, 6.45) is 0.219. The average molecular weight is 272 g/mol. The number of nitrogens with two attached hydrogens (primary N) is 1. The first-order chi connectivity index (χ1) is 9.63. The van der Waals surface area contributed by atoms with Gasteiger partial charge in [-0.2, -0.15) is 0 Å². The van der Waals surface area contributed by atoms with Gasteiger partial charge in [-0.3, -0.25) is 4.79 Å². The minimum atomic E-state index is -0.353. The van der Waals surface area contributed by atoms with Crippen LogP contribution in [0.25, 0.3) is 10.8 Å². The molecule has 1 amide bonds. The van der Waals surface area contributed by atoms with Crippen LogP contribution in [0.4, 0.5) is 0 Å². The predicted octanol–water partition coefficient (Wildman–Crippen LogP) is 2.37. The lowest BCUT2D eigenvalue weighted by molar-refractivity contribution is -0.118. The van der Waals surface area contributed by atoms with Crippen LogP contribution in [0.3, 0.4) is 0 Å². The lowest BCUT2D eigenvalue weighted by Crippen LogP contribution is -2.17. The molecule has 4 heteroatoms. The second-order valence-corrected chi connectivity index (χ2v) is 4.78. The highest BCUT2D eigenvalue weighted by atomic mass is 16.5. The van der Waals surface area contributed by atoms with Crippen LogP contribution in [0.15, 0.2) is 36.4 Å². The highest BCUT2D eigenvalue weighted by Gasteiger charge is 2.13. The van der Waals surface area contributed by atoms with Crippen molar-refractivity contribution in [3.63, 3.8) is 0 Å². The van der Waals surface area contributed by atoms with Gasteiger partial charge in [-0.25, -0.2) is 0 Å². The molecule has 3 N–H and O–H groups in total. The first kappa shape index (κ1) is 14.3. The molecule has 0 saturated heterocycles. The van der Waals surface area contributed by atoms with Gasteiger partial charge in [0.2, 0.25) is 5.91 Å². The number of hydrogen-bond acceptors (Lipinski definition) is 3. The normalized spacial score (nSPS) is 12.3. The number of amides is 1. The second kappa shape index (κ2) is 6.39. The first-order valence-corrected chi connectivity index (χ1v) is 6.73. The van der Waals surface area contributed by atoms with Crippen LogP contribution in [0, 0.1) is 0 Å². The fourth-order valence-electron chi connectivity index (χ4n) is 2.17. The maximum Gasteiger partial charge on any atom is 0.220 e. The van der Waals surface area contributed by atoms with Crippen LogP contribution in [-0.2, 0) is 4.79 Å². The van der Waals surface area contributed by atoms with Crippen molar-refractivity contribution in [2.75, 3.05) is 13.7 Å². The molecule has 0 bridgehead atoms. The van der Waals surface area contributed by atoms with Gasteiger partial charge in [0, 0.05) is 17.0 Å². The third kappa shape index (κ3) is 3.08. The van der Waals surface area contributed by atoms with E-state index in [1.807, 2.05) is 31.3 Å². The van der Waals surface area contributed by atoms with Crippen molar-refractivity contribution >= 4 is 16.7 Å². The molecule has 0 aliphatic heterocycles.